The van der Waals surface area contributed by atoms with Crippen LogP contribution in [-0.2, 0) is 0 Å². The minimum absolute atomic E-state index is 0.0356. The second-order valence-corrected chi connectivity index (χ2v) is 7.31. The molecular weight excluding hydrogens is 380 g/mol. The average molecular weight is 402 g/mol. The highest BCUT2D eigenvalue weighted by atomic mass is 16.5. The third-order valence-electron chi connectivity index (χ3n) is 4.70. The summed E-state index contributed by atoms with van der Waals surface area (Å²) in [5.41, 5.74) is 2.84. The van der Waals surface area contributed by atoms with Gasteiger partial charge in [-0.3, -0.25) is 9.78 Å². The molecule has 3 heterocycles. The molecule has 0 radical (unpaired) electrons. The molecule has 1 atom stereocenters. The van der Waals surface area contributed by atoms with Crippen LogP contribution in [0.2, 0.25) is 0 Å². The van der Waals surface area contributed by atoms with Crippen molar-refractivity contribution in [2.24, 2.45) is 5.92 Å². The summed E-state index contributed by atoms with van der Waals surface area (Å²) in [4.78, 5) is 21.5. The van der Waals surface area contributed by atoms with E-state index in [1.165, 1.54) is 0 Å². The van der Waals surface area contributed by atoms with Gasteiger partial charge >= 0.3 is 0 Å². The number of carbonyl (C=O) groups is 1. The van der Waals surface area contributed by atoms with Gasteiger partial charge in [0.25, 0.3) is 5.91 Å². The number of amides is 1. The molecular formula is C22H22N6O2. The van der Waals surface area contributed by atoms with Crippen LogP contribution in [0.25, 0.3) is 17.1 Å². The number of nitrogens with zero attached hydrogens (tertiary/aromatic N) is 5. The van der Waals surface area contributed by atoms with E-state index in [9.17, 15) is 4.79 Å². The van der Waals surface area contributed by atoms with E-state index < -0.39 is 6.04 Å². The minimum atomic E-state index is -0.447. The monoisotopic (exact) mass is 402 g/mol. The van der Waals surface area contributed by atoms with Crippen molar-refractivity contribution < 1.29 is 9.32 Å². The van der Waals surface area contributed by atoms with Crippen molar-refractivity contribution >= 4 is 5.91 Å². The molecule has 0 aliphatic heterocycles. The largest absolute Gasteiger partial charge is 0.339 e. The van der Waals surface area contributed by atoms with Gasteiger partial charge in [0.15, 0.2) is 5.69 Å². The molecule has 8 nitrogen and oxygen atoms in total. The summed E-state index contributed by atoms with van der Waals surface area (Å²) in [6.45, 7) is 5.87. The third-order valence-corrected chi connectivity index (χ3v) is 4.70. The van der Waals surface area contributed by atoms with Crippen molar-refractivity contribution in [3.8, 4) is 17.1 Å². The second-order valence-electron chi connectivity index (χ2n) is 7.31. The van der Waals surface area contributed by atoms with Crippen LogP contribution in [0.15, 0.2) is 65.4 Å². The zero-order valence-corrected chi connectivity index (χ0v) is 17.0. The summed E-state index contributed by atoms with van der Waals surface area (Å²) in [6.07, 6.45) is 3.34. The van der Waals surface area contributed by atoms with Crippen molar-refractivity contribution in [2.45, 2.75) is 26.8 Å². The molecule has 0 fully saturated rings. The van der Waals surface area contributed by atoms with E-state index in [1.807, 2.05) is 57.2 Å². The highest BCUT2D eigenvalue weighted by Gasteiger charge is 2.26. The highest BCUT2D eigenvalue weighted by molar-refractivity contribution is 5.92. The van der Waals surface area contributed by atoms with Gasteiger partial charge in [0.1, 0.15) is 6.04 Å². The van der Waals surface area contributed by atoms with Crippen molar-refractivity contribution in [3.63, 3.8) is 0 Å². The van der Waals surface area contributed by atoms with E-state index in [-0.39, 0.29) is 11.8 Å². The molecule has 1 amide bonds. The maximum absolute atomic E-state index is 12.9. The number of benzene rings is 1. The van der Waals surface area contributed by atoms with E-state index in [2.05, 4.69) is 25.5 Å². The van der Waals surface area contributed by atoms with Crippen LogP contribution in [0.4, 0.5) is 0 Å². The van der Waals surface area contributed by atoms with Gasteiger partial charge in [0.05, 0.1) is 5.69 Å². The second kappa shape index (κ2) is 8.28. The summed E-state index contributed by atoms with van der Waals surface area (Å²) < 4.78 is 7.19. The first kappa shape index (κ1) is 19.5. The Morgan fingerprint density at radius 2 is 1.93 bits per heavy atom. The Morgan fingerprint density at radius 3 is 2.63 bits per heavy atom. The molecule has 0 aliphatic carbocycles. The topological polar surface area (TPSA) is 98.7 Å². The summed E-state index contributed by atoms with van der Waals surface area (Å²) >= 11 is 0. The first-order valence-corrected chi connectivity index (χ1v) is 9.70. The number of aryl methyl sites for hydroxylation is 1. The Hall–Kier alpha value is -3.81. The molecule has 8 heteroatoms. The fourth-order valence-corrected chi connectivity index (χ4v) is 3.12. The van der Waals surface area contributed by atoms with Gasteiger partial charge in [-0.1, -0.05) is 37.2 Å². The fraction of sp³-hybridized carbons (Fsp3) is 0.227. The lowest BCUT2D eigenvalue weighted by atomic mass is 10.0. The van der Waals surface area contributed by atoms with Gasteiger partial charge in [-0.25, -0.2) is 4.68 Å². The molecule has 1 aromatic carbocycles. The first-order valence-electron chi connectivity index (χ1n) is 9.70. The number of carbonyl (C=O) groups excluding carboxylic acids is 1. The number of pyridine rings is 1. The highest BCUT2D eigenvalue weighted by Crippen LogP contribution is 2.24. The number of hydrogen-bond acceptors (Lipinski definition) is 6. The van der Waals surface area contributed by atoms with E-state index in [4.69, 9.17) is 4.52 Å². The third kappa shape index (κ3) is 3.98. The van der Waals surface area contributed by atoms with E-state index in [0.29, 0.717) is 17.4 Å². The minimum Gasteiger partial charge on any atom is -0.339 e. The van der Waals surface area contributed by atoms with Crippen LogP contribution in [-0.4, -0.2) is 30.8 Å². The number of rotatable bonds is 6. The summed E-state index contributed by atoms with van der Waals surface area (Å²) in [5, 5.41) is 11.5. The zero-order valence-electron chi connectivity index (χ0n) is 17.0. The Balaban J connectivity index is 1.56. The lowest BCUT2D eigenvalue weighted by Crippen LogP contribution is -2.32. The van der Waals surface area contributed by atoms with Gasteiger partial charge in [0.2, 0.25) is 11.7 Å². The molecule has 0 bridgehead atoms. The molecule has 1 unspecified atom stereocenters. The molecule has 1 N–H and O–H groups in total. The Bertz CT molecular complexity index is 1130. The number of nitrogens with one attached hydrogen (secondary N) is 1. The Morgan fingerprint density at radius 1 is 1.13 bits per heavy atom. The van der Waals surface area contributed by atoms with Gasteiger partial charge in [-0.15, -0.1) is 0 Å². The maximum Gasteiger partial charge on any atom is 0.272 e. The maximum atomic E-state index is 12.9. The predicted octanol–water partition coefficient (Wildman–Crippen LogP) is 3.75. The summed E-state index contributed by atoms with van der Waals surface area (Å²) in [5.74, 6) is 0.514. The van der Waals surface area contributed by atoms with Crippen LogP contribution in [0.1, 0.15) is 42.0 Å². The summed E-state index contributed by atoms with van der Waals surface area (Å²) in [7, 11) is 0. The molecule has 3 aromatic heterocycles. The SMILES string of the molecule is Cc1cc(C(=O)NC(c2nc(-c3cccnc3)no2)C(C)C)nn1-c1ccccc1. The zero-order chi connectivity index (χ0) is 21.1. The van der Waals surface area contributed by atoms with Gasteiger partial charge in [-0.05, 0) is 43.2 Å². The normalized spacial score (nSPS) is 12.1. The van der Waals surface area contributed by atoms with E-state index >= 15 is 0 Å². The Labute approximate surface area is 174 Å². The molecule has 0 aliphatic rings. The van der Waals surface area contributed by atoms with Gasteiger partial charge in [0, 0.05) is 23.7 Å². The molecule has 0 saturated carbocycles. The lowest BCUT2D eigenvalue weighted by molar-refractivity contribution is 0.0908. The van der Waals surface area contributed by atoms with Gasteiger partial charge < -0.3 is 9.84 Å². The molecule has 4 aromatic rings. The van der Waals surface area contributed by atoms with Crippen LogP contribution in [0.3, 0.4) is 0 Å². The van der Waals surface area contributed by atoms with E-state index in [0.717, 1.165) is 16.9 Å². The first-order chi connectivity index (χ1) is 14.5. The quantitative estimate of drug-likeness (QED) is 0.527. The van der Waals surface area contributed by atoms with Crippen LogP contribution in [0, 0.1) is 12.8 Å². The molecule has 30 heavy (non-hydrogen) atoms. The Kier molecular flexibility index (Phi) is 5.38. The lowest BCUT2D eigenvalue weighted by Gasteiger charge is -2.17. The molecule has 0 saturated heterocycles. The molecule has 0 spiro atoms. The number of hydrogen-bond donors (Lipinski definition) is 1. The molecule has 4 rings (SSSR count). The number of para-hydroxylation sites is 1. The molecule has 152 valence electrons. The van der Waals surface area contributed by atoms with Crippen LogP contribution >= 0.6 is 0 Å². The van der Waals surface area contributed by atoms with Crippen LogP contribution < -0.4 is 5.32 Å². The average Bonchev–Trinajstić information content (AvgIpc) is 3.40. The smallest absolute Gasteiger partial charge is 0.272 e. The number of aromatic nitrogens is 5. The predicted molar refractivity (Wildman–Crippen MR) is 111 cm³/mol. The van der Waals surface area contributed by atoms with Crippen molar-refractivity contribution in [1.82, 2.24) is 30.2 Å². The van der Waals surface area contributed by atoms with Crippen molar-refractivity contribution in [1.29, 1.82) is 0 Å². The van der Waals surface area contributed by atoms with Crippen LogP contribution in [0.5, 0.6) is 0 Å². The van der Waals surface area contributed by atoms with Crippen molar-refractivity contribution in [3.05, 3.63) is 78.2 Å². The van der Waals surface area contributed by atoms with Gasteiger partial charge in [-0.2, -0.15) is 10.1 Å². The van der Waals surface area contributed by atoms with Crippen molar-refractivity contribution in [2.75, 3.05) is 0 Å². The van der Waals surface area contributed by atoms with E-state index in [1.54, 1.807) is 29.2 Å². The fourth-order valence-electron chi connectivity index (χ4n) is 3.12. The summed E-state index contributed by atoms with van der Waals surface area (Å²) in [6, 6.07) is 14.6. The standard InChI is InChI=1S/C22H22N6O2/c1-14(2)19(22-25-20(27-30-22)16-8-7-11-23-13-16)24-21(29)18-12-15(3)28(26-18)17-9-5-4-6-10-17/h4-14,19H,1-3H3,(H,24,29).